The van der Waals surface area contributed by atoms with Gasteiger partial charge in [-0.3, -0.25) is 0 Å². The minimum atomic E-state index is -0.00655. The van der Waals surface area contributed by atoms with Crippen molar-refractivity contribution in [2.75, 3.05) is 6.61 Å². The molecule has 0 aromatic carbocycles. The van der Waals surface area contributed by atoms with Gasteiger partial charge in [0, 0.05) is 0 Å². The summed E-state index contributed by atoms with van der Waals surface area (Å²) in [7, 11) is 0. The molecule has 0 bridgehead atoms. The van der Waals surface area contributed by atoms with Crippen molar-refractivity contribution in [2.45, 2.75) is 65.1 Å². The van der Waals surface area contributed by atoms with E-state index < -0.39 is 0 Å². The van der Waals surface area contributed by atoms with Crippen LogP contribution in [0.3, 0.4) is 0 Å². The molecule has 1 N–H and O–H groups in total. The van der Waals surface area contributed by atoms with Crippen molar-refractivity contribution in [3.05, 3.63) is 0 Å². The number of hydrogen-bond acceptors (Lipinski definition) is 2. The van der Waals surface area contributed by atoms with Crippen LogP contribution < -0.4 is 0 Å². The third-order valence-electron chi connectivity index (χ3n) is 4.95. The van der Waals surface area contributed by atoms with Crippen LogP contribution in [0.4, 0.5) is 0 Å². The number of aliphatic hydroxyl groups excluding tert-OH is 1. The molecule has 2 heteroatoms. The first-order valence-corrected chi connectivity index (χ1v) is 6.13. The quantitative estimate of drug-likeness (QED) is 0.724. The van der Waals surface area contributed by atoms with Crippen molar-refractivity contribution >= 4 is 0 Å². The van der Waals surface area contributed by atoms with Gasteiger partial charge in [0.25, 0.3) is 0 Å². The molecule has 1 saturated carbocycles. The highest BCUT2D eigenvalue weighted by Crippen LogP contribution is 2.63. The zero-order chi connectivity index (χ0) is 11.3. The highest BCUT2D eigenvalue weighted by atomic mass is 16.5. The largest absolute Gasteiger partial charge is 0.394 e. The molecule has 2 fully saturated rings. The Bertz CT molecular complexity index is 239. The minimum Gasteiger partial charge on any atom is -0.394 e. The van der Waals surface area contributed by atoms with E-state index in [1.807, 2.05) is 0 Å². The lowest BCUT2D eigenvalue weighted by atomic mass is 9.66. The number of rotatable bonds is 1. The molecule has 1 atom stereocenters. The van der Waals surface area contributed by atoms with Gasteiger partial charge in [-0.05, 0) is 36.5 Å². The molecule has 0 aromatic rings. The van der Waals surface area contributed by atoms with Gasteiger partial charge >= 0.3 is 0 Å². The summed E-state index contributed by atoms with van der Waals surface area (Å²) in [5, 5.41) is 9.23. The van der Waals surface area contributed by atoms with Crippen molar-refractivity contribution < 1.29 is 9.84 Å². The summed E-state index contributed by atoms with van der Waals surface area (Å²) in [6.45, 7) is 9.46. The van der Waals surface area contributed by atoms with E-state index in [0.717, 1.165) is 12.8 Å². The molecular formula is C13H24O2. The summed E-state index contributed by atoms with van der Waals surface area (Å²) < 4.78 is 6.24. The molecule has 0 amide bonds. The fraction of sp³-hybridized carbons (Fsp3) is 1.00. The molecule has 2 nitrogen and oxygen atoms in total. The molecule has 1 aliphatic heterocycles. The van der Waals surface area contributed by atoms with Gasteiger partial charge in [-0.1, -0.05) is 27.7 Å². The Morgan fingerprint density at radius 1 is 1.07 bits per heavy atom. The highest BCUT2D eigenvalue weighted by Gasteiger charge is 2.63. The van der Waals surface area contributed by atoms with Gasteiger partial charge in [-0.2, -0.15) is 0 Å². The molecule has 1 saturated heterocycles. The Kier molecular flexibility index (Phi) is 2.44. The lowest BCUT2D eigenvalue weighted by Crippen LogP contribution is -2.49. The zero-order valence-electron chi connectivity index (χ0n) is 10.5. The van der Waals surface area contributed by atoms with Crippen molar-refractivity contribution in [3.8, 4) is 0 Å². The highest BCUT2D eigenvalue weighted by molar-refractivity contribution is 5.12. The van der Waals surface area contributed by atoms with Crippen LogP contribution in [0.25, 0.3) is 0 Å². The third-order valence-corrected chi connectivity index (χ3v) is 4.95. The summed E-state index contributed by atoms with van der Waals surface area (Å²) in [6, 6.07) is 0. The summed E-state index contributed by atoms with van der Waals surface area (Å²) in [6.07, 6.45) is 4.67. The first-order chi connectivity index (χ1) is 6.85. The van der Waals surface area contributed by atoms with Crippen molar-refractivity contribution in [3.63, 3.8) is 0 Å². The molecule has 2 rings (SSSR count). The predicted octanol–water partition coefficient (Wildman–Crippen LogP) is 2.74. The van der Waals surface area contributed by atoms with Gasteiger partial charge in [0.1, 0.15) is 0 Å². The monoisotopic (exact) mass is 212 g/mol. The molecule has 2 aliphatic rings. The second kappa shape index (κ2) is 3.21. The minimum absolute atomic E-state index is 0.00655. The predicted molar refractivity (Wildman–Crippen MR) is 60.7 cm³/mol. The van der Waals surface area contributed by atoms with Gasteiger partial charge in [-0.15, -0.1) is 0 Å². The van der Waals surface area contributed by atoms with E-state index in [1.54, 1.807) is 0 Å². The number of ether oxygens (including phenoxy) is 1. The second-order valence-electron chi connectivity index (χ2n) is 6.56. The van der Waals surface area contributed by atoms with Crippen LogP contribution in [-0.4, -0.2) is 23.4 Å². The number of hydrogen-bond donors (Lipinski definition) is 1. The molecule has 1 aliphatic carbocycles. The van der Waals surface area contributed by atoms with E-state index in [9.17, 15) is 5.11 Å². The molecular weight excluding hydrogens is 188 g/mol. The smallest absolute Gasteiger partial charge is 0.0814 e. The molecule has 15 heavy (non-hydrogen) atoms. The topological polar surface area (TPSA) is 29.5 Å². The first kappa shape index (κ1) is 11.4. The van der Waals surface area contributed by atoms with Crippen LogP contribution in [0.15, 0.2) is 0 Å². The molecule has 0 aromatic heterocycles. The third kappa shape index (κ3) is 1.38. The molecule has 0 radical (unpaired) electrons. The van der Waals surface area contributed by atoms with E-state index in [2.05, 4.69) is 27.7 Å². The summed E-state index contributed by atoms with van der Waals surface area (Å²) in [5.74, 6) is 0. The van der Waals surface area contributed by atoms with Crippen LogP contribution in [0, 0.1) is 10.8 Å². The van der Waals surface area contributed by atoms with Crippen LogP contribution in [0.5, 0.6) is 0 Å². The van der Waals surface area contributed by atoms with E-state index >= 15 is 0 Å². The standard InChI is InChI=1S/C13H24O2/c1-11(2)7-8-12(3,4)13(11)6-5-10(9-14)15-13/h10,14H,5-9H2,1-4H3. The number of aliphatic hydroxyl groups is 1. The molecule has 88 valence electrons. The van der Waals surface area contributed by atoms with Crippen molar-refractivity contribution in [1.29, 1.82) is 0 Å². The normalized spacial score (nSPS) is 36.2. The van der Waals surface area contributed by atoms with Gasteiger partial charge < -0.3 is 9.84 Å². The lowest BCUT2D eigenvalue weighted by Gasteiger charge is -2.46. The van der Waals surface area contributed by atoms with E-state index in [1.165, 1.54) is 12.8 Å². The Morgan fingerprint density at radius 3 is 2.00 bits per heavy atom. The average Bonchev–Trinajstić information content (AvgIpc) is 2.66. The Balaban J connectivity index is 2.32. The fourth-order valence-electron chi connectivity index (χ4n) is 3.84. The first-order valence-electron chi connectivity index (χ1n) is 6.13. The summed E-state index contributed by atoms with van der Waals surface area (Å²) in [5.41, 5.74) is 0.494. The SMILES string of the molecule is CC1(C)CCC(C)(C)C12CCC(CO)O2. The van der Waals surface area contributed by atoms with E-state index in [-0.39, 0.29) is 29.1 Å². The van der Waals surface area contributed by atoms with Crippen molar-refractivity contribution in [2.24, 2.45) is 10.8 Å². The molecule has 1 spiro atoms. The van der Waals surface area contributed by atoms with Crippen LogP contribution >= 0.6 is 0 Å². The summed E-state index contributed by atoms with van der Waals surface area (Å²) >= 11 is 0. The van der Waals surface area contributed by atoms with E-state index in [4.69, 9.17) is 4.74 Å². The zero-order valence-corrected chi connectivity index (χ0v) is 10.5. The maximum Gasteiger partial charge on any atom is 0.0814 e. The van der Waals surface area contributed by atoms with Gasteiger partial charge in [0.05, 0.1) is 18.3 Å². The maximum absolute atomic E-state index is 9.23. The lowest BCUT2D eigenvalue weighted by molar-refractivity contribution is -0.156. The van der Waals surface area contributed by atoms with Gasteiger partial charge in [0.15, 0.2) is 0 Å². The molecule has 1 unspecified atom stereocenters. The molecule has 1 heterocycles. The van der Waals surface area contributed by atoms with Gasteiger partial charge in [0.2, 0.25) is 0 Å². The Morgan fingerprint density at radius 2 is 1.60 bits per heavy atom. The second-order valence-corrected chi connectivity index (χ2v) is 6.56. The van der Waals surface area contributed by atoms with Crippen LogP contribution in [0.2, 0.25) is 0 Å². The van der Waals surface area contributed by atoms with Gasteiger partial charge in [-0.25, -0.2) is 0 Å². The summed E-state index contributed by atoms with van der Waals surface area (Å²) in [4.78, 5) is 0. The Hall–Kier alpha value is -0.0800. The Labute approximate surface area is 93.0 Å². The van der Waals surface area contributed by atoms with Crippen LogP contribution in [-0.2, 0) is 4.74 Å². The van der Waals surface area contributed by atoms with E-state index in [0.29, 0.717) is 0 Å². The average molecular weight is 212 g/mol. The van der Waals surface area contributed by atoms with Crippen molar-refractivity contribution in [1.82, 2.24) is 0 Å². The maximum atomic E-state index is 9.23. The fourth-order valence-corrected chi connectivity index (χ4v) is 3.84. The van der Waals surface area contributed by atoms with Crippen LogP contribution in [0.1, 0.15) is 53.4 Å².